The summed E-state index contributed by atoms with van der Waals surface area (Å²) in [5, 5.41) is 7.59. The fourth-order valence-corrected chi connectivity index (χ4v) is 2.89. The van der Waals surface area contributed by atoms with Gasteiger partial charge in [0.15, 0.2) is 0 Å². The van der Waals surface area contributed by atoms with Crippen LogP contribution in [0.15, 0.2) is 36.7 Å². The average molecular weight is 347 g/mol. The summed E-state index contributed by atoms with van der Waals surface area (Å²) in [5.41, 5.74) is 1.85. The number of amides is 2. The van der Waals surface area contributed by atoms with E-state index in [1.807, 2.05) is 25.3 Å². The molecule has 0 radical (unpaired) electrons. The number of benzene rings is 1. The summed E-state index contributed by atoms with van der Waals surface area (Å²) in [5.74, 6) is -0.222. The SMILES string of the molecule is Cc1cnn(CCC(=O)NC2CCN(c3ccc(Cl)cc3)C2=O)c1. The fraction of sp³-hybridized carbons (Fsp3) is 0.353. The zero-order chi connectivity index (χ0) is 17.1. The normalized spacial score (nSPS) is 17.3. The Kier molecular flexibility index (Phi) is 4.85. The molecule has 2 aromatic rings. The molecular weight excluding hydrogens is 328 g/mol. The lowest BCUT2D eigenvalue weighted by Crippen LogP contribution is -2.41. The zero-order valence-corrected chi connectivity index (χ0v) is 14.2. The minimum atomic E-state index is -0.465. The van der Waals surface area contributed by atoms with Crippen molar-refractivity contribution in [3.05, 3.63) is 47.2 Å². The molecule has 1 fully saturated rings. The highest BCUT2D eigenvalue weighted by Gasteiger charge is 2.33. The minimum absolute atomic E-state index is 0.0828. The van der Waals surface area contributed by atoms with Crippen LogP contribution in [0, 0.1) is 6.92 Å². The molecule has 1 aliphatic rings. The maximum absolute atomic E-state index is 12.5. The number of nitrogens with zero attached hydrogens (tertiary/aromatic N) is 3. The highest BCUT2D eigenvalue weighted by atomic mass is 35.5. The van der Waals surface area contributed by atoms with Crippen LogP contribution in [0.2, 0.25) is 5.02 Å². The number of aryl methyl sites for hydroxylation is 2. The van der Waals surface area contributed by atoms with Crippen LogP contribution in [-0.4, -0.2) is 34.2 Å². The molecule has 1 aliphatic heterocycles. The van der Waals surface area contributed by atoms with Gasteiger partial charge < -0.3 is 10.2 Å². The Balaban J connectivity index is 1.53. The molecule has 126 valence electrons. The molecule has 1 saturated heterocycles. The first-order valence-electron chi connectivity index (χ1n) is 7.88. The summed E-state index contributed by atoms with van der Waals surface area (Å²) in [4.78, 5) is 26.2. The standard InChI is InChI=1S/C17H19ClN4O2/c1-12-10-19-21(11-12)8-7-16(23)20-15-6-9-22(17(15)24)14-4-2-13(18)3-5-14/h2-5,10-11,15H,6-9H2,1H3,(H,20,23). The van der Waals surface area contributed by atoms with E-state index in [0.29, 0.717) is 31.0 Å². The van der Waals surface area contributed by atoms with Gasteiger partial charge in [0.05, 0.1) is 6.20 Å². The molecule has 1 N–H and O–H groups in total. The van der Waals surface area contributed by atoms with Crippen LogP contribution >= 0.6 is 11.6 Å². The highest BCUT2D eigenvalue weighted by Crippen LogP contribution is 2.23. The van der Waals surface area contributed by atoms with Crippen LogP contribution in [0.3, 0.4) is 0 Å². The van der Waals surface area contributed by atoms with Gasteiger partial charge in [-0.15, -0.1) is 0 Å². The van der Waals surface area contributed by atoms with Gasteiger partial charge in [0.1, 0.15) is 6.04 Å². The number of carbonyl (C=O) groups excluding carboxylic acids is 2. The van der Waals surface area contributed by atoms with Crippen molar-refractivity contribution in [1.82, 2.24) is 15.1 Å². The van der Waals surface area contributed by atoms with Crippen LogP contribution in [-0.2, 0) is 16.1 Å². The molecular formula is C17H19ClN4O2. The molecule has 0 spiro atoms. The molecule has 7 heteroatoms. The molecule has 2 heterocycles. The first-order valence-corrected chi connectivity index (χ1v) is 8.26. The summed E-state index contributed by atoms with van der Waals surface area (Å²) in [7, 11) is 0. The molecule has 1 unspecified atom stereocenters. The van der Waals surface area contributed by atoms with Crippen molar-refractivity contribution in [2.45, 2.75) is 32.4 Å². The van der Waals surface area contributed by atoms with E-state index in [1.165, 1.54) is 0 Å². The van der Waals surface area contributed by atoms with Gasteiger partial charge in [-0.1, -0.05) is 11.6 Å². The first-order chi connectivity index (χ1) is 11.5. The number of halogens is 1. The van der Waals surface area contributed by atoms with E-state index < -0.39 is 6.04 Å². The smallest absolute Gasteiger partial charge is 0.249 e. The average Bonchev–Trinajstić information content (AvgIpc) is 3.13. The maximum atomic E-state index is 12.5. The van der Waals surface area contributed by atoms with E-state index in [-0.39, 0.29) is 11.8 Å². The van der Waals surface area contributed by atoms with Gasteiger partial charge in [0.2, 0.25) is 11.8 Å². The van der Waals surface area contributed by atoms with E-state index in [0.717, 1.165) is 11.3 Å². The molecule has 0 saturated carbocycles. The van der Waals surface area contributed by atoms with Crippen molar-refractivity contribution >= 4 is 29.1 Å². The molecule has 1 atom stereocenters. The number of carbonyl (C=O) groups is 2. The lowest BCUT2D eigenvalue weighted by Gasteiger charge is -2.17. The predicted octanol–water partition coefficient (Wildman–Crippen LogP) is 2.16. The van der Waals surface area contributed by atoms with Crippen molar-refractivity contribution in [2.24, 2.45) is 0 Å². The molecule has 1 aromatic carbocycles. The second-order valence-electron chi connectivity index (χ2n) is 5.91. The fourth-order valence-electron chi connectivity index (χ4n) is 2.76. The van der Waals surface area contributed by atoms with Gasteiger partial charge in [-0.3, -0.25) is 14.3 Å². The molecule has 6 nitrogen and oxygen atoms in total. The van der Waals surface area contributed by atoms with Gasteiger partial charge in [0, 0.05) is 36.4 Å². The Labute approximate surface area is 145 Å². The maximum Gasteiger partial charge on any atom is 0.249 e. The summed E-state index contributed by atoms with van der Waals surface area (Å²) in [6.45, 7) is 3.04. The van der Waals surface area contributed by atoms with Gasteiger partial charge in [-0.05, 0) is 43.2 Å². The quantitative estimate of drug-likeness (QED) is 0.902. The van der Waals surface area contributed by atoms with E-state index >= 15 is 0 Å². The van der Waals surface area contributed by atoms with E-state index in [2.05, 4.69) is 10.4 Å². The lowest BCUT2D eigenvalue weighted by atomic mass is 10.2. The van der Waals surface area contributed by atoms with Crippen LogP contribution in [0.1, 0.15) is 18.4 Å². The monoisotopic (exact) mass is 346 g/mol. The topological polar surface area (TPSA) is 67.2 Å². The van der Waals surface area contributed by atoms with E-state index in [4.69, 9.17) is 11.6 Å². The number of hydrogen-bond donors (Lipinski definition) is 1. The van der Waals surface area contributed by atoms with E-state index in [1.54, 1.807) is 27.9 Å². The van der Waals surface area contributed by atoms with Crippen molar-refractivity contribution in [3.63, 3.8) is 0 Å². The predicted molar refractivity (Wildman–Crippen MR) is 91.9 cm³/mol. The van der Waals surface area contributed by atoms with E-state index in [9.17, 15) is 9.59 Å². The Morgan fingerprint density at radius 2 is 2.12 bits per heavy atom. The van der Waals surface area contributed by atoms with Gasteiger partial charge in [-0.2, -0.15) is 5.10 Å². The largest absolute Gasteiger partial charge is 0.344 e. The molecule has 3 rings (SSSR count). The third-order valence-corrected chi connectivity index (χ3v) is 4.26. The summed E-state index contributed by atoms with van der Waals surface area (Å²) in [6, 6.07) is 6.66. The van der Waals surface area contributed by atoms with Crippen LogP contribution in [0.4, 0.5) is 5.69 Å². The van der Waals surface area contributed by atoms with Crippen molar-refractivity contribution in [1.29, 1.82) is 0 Å². The van der Waals surface area contributed by atoms with Crippen LogP contribution < -0.4 is 10.2 Å². The zero-order valence-electron chi connectivity index (χ0n) is 13.4. The van der Waals surface area contributed by atoms with Crippen LogP contribution in [0.5, 0.6) is 0 Å². The summed E-state index contributed by atoms with van der Waals surface area (Å²) < 4.78 is 1.73. The minimum Gasteiger partial charge on any atom is -0.344 e. The third kappa shape index (κ3) is 3.76. The summed E-state index contributed by atoms with van der Waals surface area (Å²) >= 11 is 5.87. The summed E-state index contributed by atoms with van der Waals surface area (Å²) in [6.07, 6.45) is 4.54. The number of rotatable bonds is 5. The van der Waals surface area contributed by atoms with Crippen molar-refractivity contribution in [3.8, 4) is 0 Å². The molecule has 24 heavy (non-hydrogen) atoms. The lowest BCUT2D eigenvalue weighted by molar-refractivity contribution is -0.126. The number of nitrogens with one attached hydrogen (secondary N) is 1. The number of hydrogen-bond acceptors (Lipinski definition) is 3. The van der Waals surface area contributed by atoms with Gasteiger partial charge in [0.25, 0.3) is 0 Å². The Hall–Kier alpha value is -2.34. The van der Waals surface area contributed by atoms with Crippen molar-refractivity contribution in [2.75, 3.05) is 11.4 Å². The Morgan fingerprint density at radius 3 is 2.79 bits per heavy atom. The second-order valence-corrected chi connectivity index (χ2v) is 6.34. The number of aromatic nitrogens is 2. The second kappa shape index (κ2) is 7.05. The Morgan fingerprint density at radius 1 is 1.38 bits per heavy atom. The highest BCUT2D eigenvalue weighted by molar-refractivity contribution is 6.30. The van der Waals surface area contributed by atoms with Gasteiger partial charge in [-0.25, -0.2) is 0 Å². The van der Waals surface area contributed by atoms with Crippen molar-refractivity contribution < 1.29 is 9.59 Å². The molecule has 0 aliphatic carbocycles. The van der Waals surface area contributed by atoms with Crippen LogP contribution in [0.25, 0.3) is 0 Å². The Bertz CT molecular complexity index is 741. The molecule has 1 aromatic heterocycles. The first kappa shape index (κ1) is 16.5. The third-order valence-electron chi connectivity index (χ3n) is 4.01. The number of anilines is 1. The molecule has 2 amide bonds. The molecule has 0 bridgehead atoms. The van der Waals surface area contributed by atoms with Gasteiger partial charge >= 0.3 is 0 Å².